The number of nitrogens with one attached hydrogen (secondary N) is 1. The molecule has 26 nitrogen and oxygen atoms in total. The number of hydrogen-bond donors (Lipinski definition) is 13. The van der Waals surface area contributed by atoms with E-state index in [1.807, 2.05) is 0 Å². The Hall–Kier alpha value is -4.86. The van der Waals surface area contributed by atoms with Crippen LogP contribution in [0, 0.1) is 0 Å². The molecule has 9 rings (SSSR count). The fraction of sp³-hybridized carbons (Fsp3) is 0. The molecule has 330 valence electrons. The van der Waals surface area contributed by atoms with Crippen molar-refractivity contribution in [3.05, 3.63) is 66.7 Å². The molecular weight excluding hydrogens is 970 g/mol. The van der Waals surface area contributed by atoms with Crippen molar-refractivity contribution < 1.29 is 86.1 Å². The van der Waals surface area contributed by atoms with Crippen molar-refractivity contribution in [1.29, 1.82) is 0 Å². The molecule has 3 aromatic heterocycles. The first-order valence-electron chi connectivity index (χ1n) is 17.3. The van der Waals surface area contributed by atoms with E-state index in [-0.39, 0.29) is 33.3 Å². The smallest absolute Gasteiger partial charge is 0.324 e. The summed E-state index contributed by atoms with van der Waals surface area (Å²) in [5.41, 5.74) is -3.73. The van der Waals surface area contributed by atoms with E-state index in [0.29, 0.717) is 4.34 Å². The monoisotopic (exact) mass is 994 g/mol. The first kappa shape index (κ1) is 44.3. The van der Waals surface area contributed by atoms with Gasteiger partial charge in [0.15, 0.2) is 34.6 Å². The average Bonchev–Trinajstić information content (AvgIpc) is 3.89. The van der Waals surface area contributed by atoms with Crippen molar-refractivity contribution in [3.8, 4) is 45.6 Å². The molecule has 0 saturated heterocycles. The van der Waals surface area contributed by atoms with Crippen molar-refractivity contribution in [2.24, 2.45) is 0 Å². The molecule has 0 aliphatic carbocycles. The second-order valence-electron chi connectivity index (χ2n) is 13.9. The highest BCUT2D eigenvalue weighted by atomic mass is 31.2. The minimum Gasteiger partial charge on any atom is -0.324 e. The Balaban J connectivity index is 1.69. The number of benzene rings is 4. The van der Waals surface area contributed by atoms with Gasteiger partial charge in [-0.3, -0.25) is 22.8 Å². The van der Waals surface area contributed by atoms with Gasteiger partial charge in [0.05, 0.1) is 26.5 Å². The van der Waals surface area contributed by atoms with Crippen LogP contribution >= 0.6 is 45.7 Å². The van der Waals surface area contributed by atoms with Crippen LogP contribution in [0.15, 0.2) is 66.7 Å². The SMILES string of the molecule is O=P(O)(O)c1cccc2c1-c1nc-2nc2c3ccccc3c(nc3nc(nc4[nH]c(n1)c1c(P(=O)(O)O)c(P(=O)(O)O)c(P(=O)(O)O)c(P(=O)(O)O)c41)-c1ccccc1-3)n2P(=O)(O)O. The maximum atomic E-state index is 13.5. The third-order valence-corrected chi connectivity index (χ3v) is 16.4. The lowest BCUT2D eigenvalue weighted by atomic mass is 10.1. The quantitative estimate of drug-likeness (QED) is 0.0996. The zero-order chi connectivity index (χ0) is 46.4. The summed E-state index contributed by atoms with van der Waals surface area (Å²) in [4.78, 5) is 157. The van der Waals surface area contributed by atoms with Crippen LogP contribution in [0.3, 0.4) is 0 Å². The molecule has 0 unspecified atom stereocenters. The van der Waals surface area contributed by atoms with Gasteiger partial charge in [-0.15, -0.1) is 0 Å². The van der Waals surface area contributed by atoms with Gasteiger partial charge >= 0.3 is 45.7 Å². The Bertz CT molecular complexity index is 3770. The van der Waals surface area contributed by atoms with Gasteiger partial charge in [-0.2, -0.15) is 0 Å². The maximum absolute atomic E-state index is 13.5. The second kappa shape index (κ2) is 14.3. The molecule has 7 aromatic rings. The van der Waals surface area contributed by atoms with Gasteiger partial charge < -0.3 is 63.7 Å². The zero-order valence-corrected chi connectivity index (χ0v) is 36.3. The summed E-state index contributed by atoms with van der Waals surface area (Å²) in [5, 5.41) is -11.4. The lowest BCUT2D eigenvalue weighted by molar-refractivity contribution is 0.363. The van der Waals surface area contributed by atoms with Gasteiger partial charge in [0.1, 0.15) is 11.3 Å². The Morgan fingerprint density at radius 2 is 0.797 bits per heavy atom. The van der Waals surface area contributed by atoms with Crippen molar-refractivity contribution in [3.63, 3.8) is 0 Å². The summed E-state index contributed by atoms with van der Waals surface area (Å²) in [6, 6.07) is 14.9. The highest BCUT2D eigenvalue weighted by Crippen LogP contribution is 2.51. The first-order valence-corrected chi connectivity index (χ1v) is 27.0. The van der Waals surface area contributed by atoms with E-state index in [1.54, 1.807) is 0 Å². The van der Waals surface area contributed by atoms with Crippen molar-refractivity contribution in [1.82, 2.24) is 39.2 Å². The first-order chi connectivity index (χ1) is 29.6. The van der Waals surface area contributed by atoms with E-state index in [9.17, 15) is 86.1 Å². The second-order valence-corrected chi connectivity index (χ2v) is 23.1. The van der Waals surface area contributed by atoms with Crippen LogP contribution < -0.4 is 26.5 Å². The molecule has 5 heterocycles. The summed E-state index contributed by atoms with van der Waals surface area (Å²) in [6.45, 7) is 0. The van der Waals surface area contributed by atoms with E-state index in [0.717, 1.165) is 12.1 Å². The molecule has 0 atom stereocenters. The van der Waals surface area contributed by atoms with Crippen LogP contribution in [-0.4, -0.2) is 97.9 Å². The molecule has 64 heavy (non-hydrogen) atoms. The Morgan fingerprint density at radius 3 is 1.23 bits per heavy atom. The molecule has 32 heteroatoms. The predicted octanol–water partition coefficient (Wildman–Crippen LogP) is 0.298. The third-order valence-electron chi connectivity index (χ3n) is 9.86. The molecule has 4 aromatic carbocycles. The van der Waals surface area contributed by atoms with Crippen LogP contribution in [0.25, 0.3) is 89.7 Å². The average molecular weight is 994 g/mol. The van der Waals surface area contributed by atoms with Gasteiger partial charge in [-0.1, -0.05) is 60.7 Å². The number of aromatic nitrogens is 8. The molecule has 2 aliphatic heterocycles. The summed E-state index contributed by atoms with van der Waals surface area (Å²) in [5.74, 6) is -2.20. The number of aromatic amines is 1. The van der Waals surface area contributed by atoms with Crippen LogP contribution in [0.1, 0.15) is 0 Å². The number of rotatable bonds is 6. The standard InChI is InChI=1S/C32H24N8O18P6/c41-59(42,43)17-11-5-10-16-18(17)28-35-27(16)39-32-15-9-4-3-8-14(15)31(40(32)64(56,57)58)38-26-13-7-2-1-6-12(13)25(33-26)34-29-19-20(30(36-28)37-29)22(61(47,48)49)24(63(53,54)55)23(62(50,51)52)21(19)60(44,45)46/h1-11H,(H2,41,42,43)(H2,44,45,46)(H2,47,48,49)(H2,50,51,52)(H2,53,54,55)(H2,56,57,58)(H,33,34,35,36,37,38,39). The number of hydrogen-bond acceptors (Lipinski definition) is 12. The summed E-state index contributed by atoms with van der Waals surface area (Å²) in [7, 11) is -36.4. The molecule has 0 saturated carbocycles. The third kappa shape index (κ3) is 7.11. The topological polar surface area (TPSA) is 443 Å². The Kier molecular flexibility index (Phi) is 9.92. The molecule has 2 aliphatic rings. The van der Waals surface area contributed by atoms with Gasteiger partial charge in [0.25, 0.3) is 0 Å². The molecule has 0 spiro atoms. The Morgan fingerprint density at radius 1 is 0.406 bits per heavy atom. The van der Waals surface area contributed by atoms with Gasteiger partial charge in [0, 0.05) is 43.8 Å². The summed E-state index contributed by atoms with van der Waals surface area (Å²) in [6.07, 6.45) is 0. The fourth-order valence-corrected chi connectivity index (χ4v) is 15.1. The van der Waals surface area contributed by atoms with Crippen LogP contribution in [0.5, 0.6) is 0 Å². The predicted molar refractivity (Wildman–Crippen MR) is 226 cm³/mol. The lowest BCUT2D eigenvalue weighted by Crippen LogP contribution is -2.45. The number of nitrogens with zero attached hydrogens (tertiary/aromatic N) is 7. The van der Waals surface area contributed by atoms with Crippen LogP contribution in [-0.2, 0) is 27.4 Å². The lowest BCUT2D eigenvalue weighted by Gasteiger charge is -2.22. The summed E-state index contributed by atoms with van der Waals surface area (Å²) >= 11 is 0. The van der Waals surface area contributed by atoms with E-state index in [4.69, 9.17) is 0 Å². The molecule has 0 fully saturated rings. The normalized spacial score (nSPS) is 13.7. The Labute approximate surface area is 353 Å². The van der Waals surface area contributed by atoms with E-state index >= 15 is 0 Å². The maximum Gasteiger partial charge on any atom is 0.437 e. The number of fused-ring (bicyclic) bond motifs is 20. The highest BCUT2D eigenvalue weighted by molar-refractivity contribution is 7.73. The number of H-pyrrole nitrogens is 1. The minimum absolute atomic E-state index is 0.0319. The van der Waals surface area contributed by atoms with Crippen molar-refractivity contribution in [2.75, 3.05) is 0 Å². The van der Waals surface area contributed by atoms with Gasteiger partial charge in [0.2, 0.25) is 0 Å². The fourth-order valence-electron chi connectivity index (χ4n) is 7.61. The molecule has 0 radical (unpaired) electrons. The van der Waals surface area contributed by atoms with Gasteiger partial charge in [-0.25, -0.2) is 38.8 Å². The van der Waals surface area contributed by atoms with Crippen LogP contribution in [0.4, 0.5) is 0 Å². The highest BCUT2D eigenvalue weighted by Gasteiger charge is 2.48. The molecular formula is C32H24N8O18P6. The molecule has 13 N–H and O–H groups in total. The largest absolute Gasteiger partial charge is 0.437 e. The molecule has 8 bridgehead atoms. The van der Waals surface area contributed by atoms with E-state index < -0.39 is 129 Å². The van der Waals surface area contributed by atoms with Crippen molar-refractivity contribution in [2.45, 2.75) is 0 Å². The zero-order valence-electron chi connectivity index (χ0n) is 31.0. The minimum atomic E-state index is -6.45. The van der Waals surface area contributed by atoms with Crippen LogP contribution in [0.2, 0.25) is 0 Å². The van der Waals surface area contributed by atoms with E-state index in [2.05, 4.69) is 34.9 Å². The summed E-state index contributed by atoms with van der Waals surface area (Å²) < 4.78 is 80.3. The van der Waals surface area contributed by atoms with E-state index in [1.165, 1.54) is 54.6 Å². The van der Waals surface area contributed by atoms with Gasteiger partial charge in [-0.05, 0) is 6.07 Å². The van der Waals surface area contributed by atoms with Crippen molar-refractivity contribution >= 4 is 116 Å². The molecule has 0 amide bonds.